The Labute approximate surface area is 172 Å². The molecule has 2 atom stereocenters. The van der Waals surface area contributed by atoms with Crippen LogP contribution in [0.5, 0.6) is 5.75 Å². The Morgan fingerprint density at radius 3 is 2.41 bits per heavy atom. The van der Waals surface area contributed by atoms with Crippen molar-refractivity contribution in [3.8, 4) is 5.75 Å². The number of ketones is 1. The molecule has 4 rings (SSSR count). The number of amides is 2. The summed E-state index contributed by atoms with van der Waals surface area (Å²) < 4.78 is 5.41. The van der Waals surface area contributed by atoms with Crippen LogP contribution in [-0.2, 0) is 14.4 Å². The minimum absolute atomic E-state index is 0.0571. The van der Waals surface area contributed by atoms with Crippen molar-refractivity contribution in [3.05, 3.63) is 53.6 Å². The molecular formula is C21H18ClN3O4. The average molecular weight is 412 g/mol. The number of carbonyl (C=O) groups excluding carboxylic acids is 3. The molecule has 2 aliphatic heterocycles. The predicted molar refractivity (Wildman–Crippen MR) is 109 cm³/mol. The van der Waals surface area contributed by atoms with Crippen molar-refractivity contribution in [1.29, 1.82) is 0 Å². The number of fused-ring (bicyclic) bond motifs is 1. The number of hydrazone groups is 1. The van der Waals surface area contributed by atoms with E-state index in [2.05, 4.69) is 5.10 Å². The Morgan fingerprint density at radius 1 is 1.10 bits per heavy atom. The van der Waals surface area contributed by atoms with Gasteiger partial charge in [0.15, 0.2) is 5.78 Å². The van der Waals surface area contributed by atoms with Crippen molar-refractivity contribution in [3.63, 3.8) is 0 Å². The molecule has 0 N–H and O–H groups in total. The molecule has 0 radical (unpaired) electrons. The Balaban J connectivity index is 1.75. The number of nitrogens with zero attached hydrogens (tertiary/aromatic N) is 3. The highest BCUT2D eigenvalue weighted by molar-refractivity contribution is 6.49. The maximum atomic E-state index is 13.3. The highest BCUT2D eigenvalue weighted by atomic mass is 35.5. The summed E-state index contributed by atoms with van der Waals surface area (Å²) in [4.78, 5) is 39.7. The van der Waals surface area contributed by atoms with E-state index in [1.165, 1.54) is 11.9 Å². The molecule has 29 heavy (non-hydrogen) atoms. The number of hydrogen-bond acceptors (Lipinski definition) is 6. The smallest absolute Gasteiger partial charge is 0.259 e. The Hall–Kier alpha value is -3.19. The van der Waals surface area contributed by atoms with E-state index in [4.69, 9.17) is 16.3 Å². The van der Waals surface area contributed by atoms with Crippen molar-refractivity contribution < 1.29 is 19.1 Å². The standard InChI is InChI=1S/C21H18ClN3O4/c1-3-29-14-10-8-13(9-11-14)24-20(27)17-18(12(2)26)23-25(19(17)21(24)28)16-7-5-4-6-15(16)22/h4-11,17,19H,3H2,1-2H3. The van der Waals surface area contributed by atoms with Gasteiger partial charge in [-0.15, -0.1) is 0 Å². The topological polar surface area (TPSA) is 79.3 Å². The zero-order chi connectivity index (χ0) is 20.7. The van der Waals surface area contributed by atoms with Crippen LogP contribution in [0.3, 0.4) is 0 Å². The normalized spacial score (nSPS) is 20.7. The molecule has 0 bridgehead atoms. The van der Waals surface area contributed by atoms with Crippen LogP contribution in [0, 0.1) is 5.92 Å². The van der Waals surface area contributed by atoms with Crippen LogP contribution in [-0.4, -0.2) is 36.0 Å². The first-order chi connectivity index (χ1) is 13.9. The molecule has 8 heteroatoms. The molecule has 148 valence electrons. The van der Waals surface area contributed by atoms with Crippen molar-refractivity contribution in [2.45, 2.75) is 19.9 Å². The summed E-state index contributed by atoms with van der Waals surface area (Å²) in [7, 11) is 0. The molecule has 0 aliphatic carbocycles. The molecule has 2 amide bonds. The second-order valence-electron chi connectivity index (χ2n) is 6.70. The number of benzene rings is 2. The Kier molecular flexibility index (Phi) is 4.84. The first kappa shape index (κ1) is 19.1. The van der Waals surface area contributed by atoms with E-state index in [1.54, 1.807) is 48.5 Å². The highest BCUT2D eigenvalue weighted by Crippen LogP contribution is 2.40. The minimum Gasteiger partial charge on any atom is -0.494 e. The average Bonchev–Trinajstić information content (AvgIpc) is 3.21. The summed E-state index contributed by atoms with van der Waals surface area (Å²) in [6, 6.07) is 12.6. The van der Waals surface area contributed by atoms with Gasteiger partial charge in [-0.3, -0.25) is 14.4 Å². The number of ether oxygens (including phenoxy) is 1. The number of hydrogen-bond donors (Lipinski definition) is 0. The van der Waals surface area contributed by atoms with E-state index in [9.17, 15) is 14.4 Å². The molecule has 2 heterocycles. The Bertz CT molecular complexity index is 1030. The van der Waals surface area contributed by atoms with Crippen LogP contribution in [0.1, 0.15) is 13.8 Å². The maximum absolute atomic E-state index is 13.3. The second kappa shape index (κ2) is 7.33. The summed E-state index contributed by atoms with van der Waals surface area (Å²) in [6.45, 7) is 3.72. The molecular weight excluding hydrogens is 394 g/mol. The van der Waals surface area contributed by atoms with Crippen LogP contribution in [0.4, 0.5) is 11.4 Å². The minimum atomic E-state index is -0.970. The zero-order valence-corrected chi connectivity index (χ0v) is 16.6. The van der Waals surface area contributed by atoms with E-state index in [0.29, 0.717) is 28.8 Å². The summed E-state index contributed by atoms with van der Waals surface area (Å²) in [6.07, 6.45) is 0. The molecule has 7 nitrogen and oxygen atoms in total. The maximum Gasteiger partial charge on any atom is 0.259 e. The lowest BCUT2D eigenvalue weighted by molar-refractivity contribution is -0.122. The lowest BCUT2D eigenvalue weighted by atomic mass is 9.95. The number of carbonyl (C=O) groups is 3. The van der Waals surface area contributed by atoms with E-state index in [0.717, 1.165) is 4.90 Å². The molecule has 2 aliphatic rings. The van der Waals surface area contributed by atoms with Gasteiger partial charge in [0.1, 0.15) is 23.4 Å². The summed E-state index contributed by atoms with van der Waals surface area (Å²) in [5, 5.41) is 6.06. The molecule has 0 spiro atoms. The fraction of sp³-hybridized carbons (Fsp3) is 0.238. The number of imide groups is 1. The van der Waals surface area contributed by atoms with Crippen molar-refractivity contribution in [2.24, 2.45) is 11.0 Å². The number of Topliss-reactive ketones (excluding diaryl/α,β-unsaturated/α-hetero) is 1. The number of halogens is 1. The third-order valence-electron chi connectivity index (χ3n) is 4.92. The van der Waals surface area contributed by atoms with Gasteiger partial charge in [-0.25, -0.2) is 9.91 Å². The lowest BCUT2D eigenvalue weighted by Gasteiger charge is -2.23. The lowest BCUT2D eigenvalue weighted by Crippen LogP contribution is -2.39. The molecule has 2 aromatic rings. The van der Waals surface area contributed by atoms with Gasteiger partial charge in [-0.1, -0.05) is 23.7 Å². The van der Waals surface area contributed by atoms with Gasteiger partial charge in [0.25, 0.3) is 5.91 Å². The van der Waals surface area contributed by atoms with Crippen LogP contribution >= 0.6 is 11.6 Å². The predicted octanol–water partition coefficient (Wildman–Crippen LogP) is 3.06. The first-order valence-corrected chi connectivity index (χ1v) is 9.55. The fourth-order valence-corrected chi connectivity index (χ4v) is 3.88. The van der Waals surface area contributed by atoms with E-state index >= 15 is 0 Å². The second-order valence-corrected chi connectivity index (χ2v) is 7.11. The van der Waals surface area contributed by atoms with Crippen LogP contribution in [0.2, 0.25) is 5.02 Å². The van der Waals surface area contributed by atoms with Gasteiger partial charge >= 0.3 is 0 Å². The van der Waals surface area contributed by atoms with Crippen LogP contribution in [0.25, 0.3) is 0 Å². The molecule has 0 saturated carbocycles. The van der Waals surface area contributed by atoms with E-state index in [1.807, 2.05) is 6.92 Å². The van der Waals surface area contributed by atoms with Gasteiger partial charge < -0.3 is 4.74 Å². The van der Waals surface area contributed by atoms with E-state index in [-0.39, 0.29) is 11.5 Å². The highest BCUT2D eigenvalue weighted by Gasteiger charge is 2.58. The van der Waals surface area contributed by atoms with Crippen LogP contribution < -0.4 is 14.6 Å². The Morgan fingerprint density at radius 2 is 1.79 bits per heavy atom. The molecule has 1 fully saturated rings. The fourth-order valence-electron chi connectivity index (χ4n) is 3.65. The molecule has 2 unspecified atom stereocenters. The molecule has 1 saturated heterocycles. The van der Waals surface area contributed by atoms with Gasteiger partial charge in [0, 0.05) is 6.92 Å². The third kappa shape index (κ3) is 3.07. The van der Waals surface area contributed by atoms with Gasteiger partial charge in [0.2, 0.25) is 5.91 Å². The van der Waals surface area contributed by atoms with E-state index < -0.39 is 23.8 Å². The third-order valence-corrected chi connectivity index (χ3v) is 5.23. The van der Waals surface area contributed by atoms with Gasteiger partial charge in [-0.05, 0) is 43.3 Å². The quantitative estimate of drug-likeness (QED) is 0.706. The van der Waals surface area contributed by atoms with Gasteiger partial charge in [-0.2, -0.15) is 5.10 Å². The summed E-state index contributed by atoms with van der Waals surface area (Å²) in [5.41, 5.74) is 0.941. The molecule has 0 aromatic heterocycles. The number of rotatable bonds is 5. The molecule has 2 aromatic carbocycles. The van der Waals surface area contributed by atoms with Crippen LogP contribution in [0.15, 0.2) is 53.6 Å². The number of anilines is 2. The SMILES string of the molecule is CCOc1ccc(N2C(=O)C3C(C(C)=O)=NN(c4ccccc4Cl)C3C2=O)cc1. The zero-order valence-electron chi connectivity index (χ0n) is 15.8. The summed E-state index contributed by atoms with van der Waals surface area (Å²) >= 11 is 6.29. The van der Waals surface area contributed by atoms with Gasteiger partial charge in [0.05, 0.1) is 23.0 Å². The van der Waals surface area contributed by atoms with Crippen molar-refractivity contribution >= 4 is 46.3 Å². The van der Waals surface area contributed by atoms with Crippen molar-refractivity contribution in [2.75, 3.05) is 16.5 Å². The number of para-hydroxylation sites is 1. The van der Waals surface area contributed by atoms with Crippen molar-refractivity contribution in [1.82, 2.24) is 0 Å². The first-order valence-electron chi connectivity index (χ1n) is 9.18. The largest absolute Gasteiger partial charge is 0.494 e. The summed E-state index contributed by atoms with van der Waals surface area (Å²) in [5.74, 6) is -1.62. The monoisotopic (exact) mass is 411 g/mol.